The van der Waals surface area contributed by atoms with Crippen LogP contribution in [-0.2, 0) is 4.79 Å². The largest absolute Gasteiger partial charge is 0.374 e. The third-order valence-corrected chi connectivity index (χ3v) is 1.87. The summed E-state index contributed by atoms with van der Waals surface area (Å²) in [6.45, 7) is -0.0105. The number of pyridine rings is 1. The molecule has 1 heterocycles. The first-order chi connectivity index (χ1) is 6.11. The van der Waals surface area contributed by atoms with Gasteiger partial charge in [-0.25, -0.2) is 0 Å². The minimum absolute atomic E-state index is 0.0105. The van der Waals surface area contributed by atoms with Crippen molar-refractivity contribution in [2.24, 2.45) is 5.73 Å². The van der Waals surface area contributed by atoms with Crippen LogP contribution in [0.3, 0.4) is 0 Å². The Kier molecular flexibility index (Phi) is 3.33. The Hall–Kier alpha value is -1.00. The summed E-state index contributed by atoms with van der Waals surface area (Å²) in [7, 11) is 0. The molecule has 0 bridgehead atoms. The van der Waals surface area contributed by atoms with Gasteiger partial charge < -0.3 is 11.1 Å². The van der Waals surface area contributed by atoms with Gasteiger partial charge in [0.15, 0.2) is 0 Å². The van der Waals surface area contributed by atoms with Crippen LogP contribution >= 0.6 is 23.2 Å². The summed E-state index contributed by atoms with van der Waals surface area (Å²) in [6, 6.07) is 0. The van der Waals surface area contributed by atoms with E-state index in [4.69, 9.17) is 28.9 Å². The smallest absolute Gasteiger partial charge is 0.236 e. The Bertz CT molecular complexity index is 309. The maximum atomic E-state index is 10.5. The molecule has 0 saturated carbocycles. The summed E-state index contributed by atoms with van der Waals surface area (Å²) >= 11 is 11.5. The van der Waals surface area contributed by atoms with Crippen molar-refractivity contribution in [3.63, 3.8) is 0 Å². The predicted octanol–water partition coefficient (Wildman–Crippen LogP) is 1.29. The summed E-state index contributed by atoms with van der Waals surface area (Å²) in [5, 5.41) is 3.41. The quantitative estimate of drug-likeness (QED) is 0.806. The third-order valence-electron chi connectivity index (χ3n) is 1.29. The van der Waals surface area contributed by atoms with E-state index in [0.29, 0.717) is 15.7 Å². The molecule has 1 amide bonds. The molecule has 0 spiro atoms. The minimum atomic E-state index is -0.482. The normalized spacial score (nSPS) is 9.69. The van der Waals surface area contributed by atoms with Gasteiger partial charge in [0.25, 0.3) is 0 Å². The fraction of sp³-hybridized carbons (Fsp3) is 0.143. The Morgan fingerprint density at radius 1 is 1.46 bits per heavy atom. The molecule has 1 aromatic heterocycles. The zero-order valence-corrected chi connectivity index (χ0v) is 8.06. The summed E-state index contributed by atoms with van der Waals surface area (Å²) in [6.07, 6.45) is 2.85. The fourth-order valence-electron chi connectivity index (χ4n) is 0.756. The highest BCUT2D eigenvalue weighted by molar-refractivity contribution is 6.38. The number of carbonyl (C=O) groups is 1. The topological polar surface area (TPSA) is 68.0 Å². The van der Waals surface area contributed by atoms with Crippen molar-refractivity contribution in [2.45, 2.75) is 0 Å². The van der Waals surface area contributed by atoms with Gasteiger partial charge in [0.05, 0.1) is 22.3 Å². The molecule has 0 radical (unpaired) electrons. The zero-order valence-electron chi connectivity index (χ0n) is 6.55. The number of nitrogens with one attached hydrogen (secondary N) is 1. The van der Waals surface area contributed by atoms with Crippen molar-refractivity contribution in [1.29, 1.82) is 0 Å². The molecule has 13 heavy (non-hydrogen) atoms. The van der Waals surface area contributed by atoms with Crippen molar-refractivity contribution in [3.8, 4) is 0 Å². The van der Waals surface area contributed by atoms with E-state index in [9.17, 15) is 4.79 Å². The van der Waals surface area contributed by atoms with Gasteiger partial charge in [-0.1, -0.05) is 23.2 Å². The van der Waals surface area contributed by atoms with Crippen molar-refractivity contribution < 1.29 is 4.79 Å². The molecule has 0 fully saturated rings. The van der Waals surface area contributed by atoms with E-state index in [1.54, 1.807) is 0 Å². The lowest BCUT2D eigenvalue weighted by Crippen LogP contribution is -2.22. The monoisotopic (exact) mass is 219 g/mol. The van der Waals surface area contributed by atoms with E-state index in [2.05, 4.69) is 10.3 Å². The highest BCUT2D eigenvalue weighted by Crippen LogP contribution is 2.27. The van der Waals surface area contributed by atoms with Crippen LogP contribution in [0.1, 0.15) is 0 Å². The second-order valence-corrected chi connectivity index (χ2v) is 3.11. The number of nitrogens with two attached hydrogens (primary N) is 1. The number of nitrogens with zero attached hydrogens (tertiary/aromatic N) is 1. The minimum Gasteiger partial charge on any atom is -0.374 e. The molecule has 0 atom stereocenters. The lowest BCUT2D eigenvalue weighted by Gasteiger charge is -2.06. The van der Waals surface area contributed by atoms with Crippen LogP contribution in [0, 0.1) is 0 Å². The van der Waals surface area contributed by atoms with Gasteiger partial charge in [0.2, 0.25) is 5.91 Å². The first-order valence-corrected chi connectivity index (χ1v) is 4.18. The maximum absolute atomic E-state index is 10.5. The SMILES string of the molecule is NC(=O)CNc1c(Cl)cncc1Cl. The van der Waals surface area contributed by atoms with Gasteiger partial charge >= 0.3 is 0 Å². The Morgan fingerprint density at radius 3 is 2.46 bits per heavy atom. The van der Waals surface area contributed by atoms with E-state index in [-0.39, 0.29) is 6.54 Å². The van der Waals surface area contributed by atoms with Crippen LogP contribution in [0.25, 0.3) is 0 Å². The number of amides is 1. The number of halogens is 2. The van der Waals surface area contributed by atoms with Crippen LogP contribution in [0.15, 0.2) is 12.4 Å². The van der Waals surface area contributed by atoms with E-state index >= 15 is 0 Å². The average molecular weight is 220 g/mol. The summed E-state index contributed by atoms with van der Waals surface area (Å²) in [5.41, 5.74) is 5.41. The van der Waals surface area contributed by atoms with Crippen LogP contribution in [-0.4, -0.2) is 17.4 Å². The molecular formula is C7H7Cl2N3O. The number of anilines is 1. The van der Waals surface area contributed by atoms with Crippen LogP contribution in [0.4, 0.5) is 5.69 Å². The molecule has 0 saturated heterocycles. The van der Waals surface area contributed by atoms with Crippen LogP contribution in [0.2, 0.25) is 10.0 Å². The summed E-state index contributed by atoms with van der Waals surface area (Å²) in [4.78, 5) is 14.2. The van der Waals surface area contributed by atoms with Gasteiger partial charge in [-0.15, -0.1) is 0 Å². The van der Waals surface area contributed by atoms with Gasteiger partial charge in [0.1, 0.15) is 0 Å². The number of primary amides is 1. The molecule has 1 rings (SSSR count). The van der Waals surface area contributed by atoms with E-state index in [1.807, 2.05) is 0 Å². The maximum Gasteiger partial charge on any atom is 0.236 e. The van der Waals surface area contributed by atoms with Crippen LogP contribution < -0.4 is 11.1 Å². The van der Waals surface area contributed by atoms with Gasteiger partial charge in [-0.2, -0.15) is 0 Å². The summed E-state index contributed by atoms with van der Waals surface area (Å²) in [5.74, 6) is -0.482. The number of aromatic nitrogens is 1. The average Bonchev–Trinajstić information content (AvgIpc) is 2.03. The highest BCUT2D eigenvalue weighted by atomic mass is 35.5. The molecule has 0 unspecified atom stereocenters. The van der Waals surface area contributed by atoms with E-state index in [1.165, 1.54) is 12.4 Å². The predicted molar refractivity (Wildman–Crippen MR) is 51.9 cm³/mol. The molecular weight excluding hydrogens is 213 g/mol. The van der Waals surface area contributed by atoms with Crippen LogP contribution in [0.5, 0.6) is 0 Å². The van der Waals surface area contributed by atoms with Crippen molar-refractivity contribution in [1.82, 2.24) is 4.98 Å². The Balaban J connectivity index is 2.81. The van der Waals surface area contributed by atoms with E-state index in [0.717, 1.165) is 0 Å². The molecule has 4 nitrogen and oxygen atoms in total. The second-order valence-electron chi connectivity index (χ2n) is 2.30. The summed E-state index contributed by atoms with van der Waals surface area (Å²) < 4.78 is 0. The zero-order chi connectivity index (χ0) is 9.84. The van der Waals surface area contributed by atoms with Crippen molar-refractivity contribution in [3.05, 3.63) is 22.4 Å². The Labute approximate surface area is 85.0 Å². The third kappa shape index (κ3) is 2.75. The fourth-order valence-corrected chi connectivity index (χ4v) is 1.25. The van der Waals surface area contributed by atoms with Crippen molar-refractivity contribution in [2.75, 3.05) is 11.9 Å². The molecule has 6 heteroatoms. The number of rotatable bonds is 3. The first kappa shape index (κ1) is 10.1. The first-order valence-electron chi connectivity index (χ1n) is 3.42. The molecule has 70 valence electrons. The second kappa shape index (κ2) is 4.30. The number of carbonyl (C=O) groups excluding carboxylic acids is 1. The van der Waals surface area contributed by atoms with Gasteiger partial charge in [0, 0.05) is 12.4 Å². The lowest BCUT2D eigenvalue weighted by molar-refractivity contribution is -0.116. The molecule has 1 aromatic rings. The Morgan fingerprint density at radius 2 is 2.00 bits per heavy atom. The van der Waals surface area contributed by atoms with Gasteiger partial charge in [-0.05, 0) is 0 Å². The molecule has 0 aliphatic heterocycles. The number of hydrogen-bond donors (Lipinski definition) is 2. The highest BCUT2D eigenvalue weighted by Gasteiger charge is 2.05. The van der Waals surface area contributed by atoms with E-state index < -0.39 is 5.91 Å². The molecule has 0 aromatic carbocycles. The number of hydrogen-bond acceptors (Lipinski definition) is 3. The molecule has 0 aliphatic carbocycles. The van der Waals surface area contributed by atoms with Crippen molar-refractivity contribution >= 4 is 34.8 Å². The van der Waals surface area contributed by atoms with Gasteiger partial charge in [-0.3, -0.25) is 9.78 Å². The molecule has 0 aliphatic rings. The standard InChI is InChI=1S/C7H7Cl2N3O/c8-4-1-11-2-5(9)7(4)12-3-6(10)13/h1-2H,3H2,(H2,10,13)(H,11,12). The molecule has 3 N–H and O–H groups in total. The lowest BCUT2D eigenvalue weighted by atomic mass is 10.4.